The van der Waals surface area contributed by atoms with Gasteiger partial charge in [0.05, 0.1) is 6.04 Å². The fraction of sp³-hybridized carbons (Fsp3) is 0.462. The Morgan fingerprint density at radius 2 is 2.06 bits per heavy atom. The zero-order chi connectivity index (χ0) is 13.7. The Bertz CT molecular complexity index is 421. The van der Waals surface area contributed by atoms with E-state index in [0.717, 1.165) is 12.1 Å². The Morgan fingerprint density at radius 3 is 2.61 bits per heavy atom. The zero-order valence-electron chi connectivity index (χ0n) is 10.5. The Hall–Kier alpha value is -1.49. The molecule has 0 aliphatic carbocycles. The minimum Gasteiger partial charge on any atom is -0.351 e. The van der Waals surface area contributed by atoms with Gasteiger partial charge in [0.15, 0.2) is 0 Å². The van der Waals surface area contributed by atoms with Gasteiger partial charge in [0.25, 0.3) is 0 Å². The molecule has 0 aromatic heterocycles. The number of hydrogen-bond acceptors (Lipinski definition) is 2. The van der Waals surface area contributed by atoms with Crippen LogP contribution in [0.25, 0.3) is 0 Å². The lowest BCUT2D eigenvalue weighted by Gasteiger charge is -2.14. The second-order valence-electron chi connectivity index (χ2n) is 4.69. The minimum atomic E-state index is -0.673. The van der Waals surface area contributed by atoms with Crippen LogP contribution >= 0.6 is 0 Å². The van der Waals surface area contributed by atoms with E-state index >= 15 is 0 Å². The molecule has 3 N–H and O–H groups in total. The molecular formula is C13H18F2N2O. The average Bonchev–Trinajstić information content (AvgIpc) is 2.26. The van der Waals surface area contributed by atoms with Gasteiger partial charge < -0.3 is 11.1 Å². The molecule has 3 nitrogen and oxygen atoms in total. The van der Waals surface area contributed by atoms with Crippen LogP contribution in [-0.4, -0.2) is 11.9 Å². The molecule has 1 aromatic carbocycles. The van der Waals surface area contributed by atoms with Gasteiger partial charge in [0.1, 0.15) is 11.6 Å². The number of rotatable bonds is 5. The first-order chi connectivity index (χ1) is 8.40. The number of benzene rings is 1. The number of carbonyl (C=O) groups is 1. The van der Waals surface area contributed by atoms with Crippen LogP contribution in [0.2, 0.25) is 0 Å². The quantitative estimate of drug-likeness (QED) is 0.846. The smallest absolute Gasteiger partial charge is 0.237 e. The van der Waals surface area contributed by atoms with Gasteiger partial charge in [-0.3, -0.25) is 4.79 Å². The number of nitrogens with one attached hydrogen (secondary N) is 1. The molecule has 0 unspecified atom stereocenters. The van der Waals surface area contributed by atoms with E-state index in [1.807, 2.05) is 13.8 Å². The molecular weight excluding hydrogens is 238 g/mol. The van der Waals surface area contributed by atoms with Crippen molar-refractivity contribution in [2.75, 3.05) is 0 Å². The van der Waals surface area contributed by atoms with Crippen molar-refractivity contribution in [3.05, 3.63) is 35.4 Å². The number of halogens is 2. The third-order valence-corrected chi connectivity index (χ3v) is 2.53. The number of carbonyl (C=O) groups excluding carboxylic acids is 1. The summed E-state index contributed by atoms with van der Waals surface area (Å²) in [5, 5.41) is 2.54. The topological polar surface area (TPSA) is 55.1 Å². The Labute approximate surface area is 105 Å². The average molecular weight is 256 g/mol. The molecule has 5 heteroatoms. The van der Waals surface area contributed by atoms with Gasteiger partial charge in [-0.15, -0.1) is 0 Å². The van der Waals surface area contributed by atoms with Crippen molar-refractivity contribution in [3.63, 3.8) is 0 Å². The normalized spacial score (nSPS) is 12.6. The second-order valence-corrected chi connectivity index (χ2v) is 4.69. The van der Waals surface area contributed by atoms with Gasteiger partial charge in [0.2, 0.25) is 5.91 Å². The monoisotopic (exact) mass is 256 g/mol. The molecule has 100 valence electrons. The number of amides is 1. The van der Waals surface area contributed by atoms with E-state index in [1.54, 1.807) is 0 Å². The van der Waals surface area contributed by atoms with Crippen molar-refractivity contribution in [2.24, 2.45) is 11.7 Å². The maximum atomic E-state index is 13.3. The Kier molecular flexibility index (Phi) is 5.22. The summed E-state index contributed by atoms with van der Waals surface area (Å²) in [6.07, 6.45) is 0.567. The predicted molar refractivity (Wildman–Crippen MR) is 65.6 cm³/mol. The fourth-order valence-corrected chi connectivity index (χ4v) is 1.59. The van der Waals surface area contributed by atoms with Crippen LogP contribution < -0.4 is 11.1 Å². The molecule has 1 atom stereocenters. The molecule has 0 saturated heterocycles. The molecule has 0 aliphatic heterocycles. The molecule has 0 fully saturated rings. The molecule has 0 aliphatic rings. The van der Waals surface area contributed by atoms with Crippen LogP contribution in [-0.2, 0) is 11.3 Å². The molecule has 18 heavy (non-hydrogen) atoms. The van der Waals surface area contributed by atoms with Crippen LogP contribution in [0.1, 0.15) is 25.8 Å². The minimum absolute atomic E-state index is 0.0107. The van der Waals surface area contributed by atoms with Gasteiger partial charge in [-0.25, -0.2) is 8.78 Å². The highest BCUT2D eigenvalue weighted by molar-refractivity contribution is 5.81. The summed E-state index contributed by atoms with van der Waals surface area (Å²) in [7, 11) is 0. The Balaban J connectivity index is 2.52. The van der Waals surface area contributed by atoms with Gasteiger partial charge in [-0.05, 0) is 18.4 Å². The molecule has 0 bridgehead atoms. The lowest BCUT2D eigenvalue weighted by Crippen LogP contribution is -2.41. The van der Waals surface area contributed by atoms with Crippen molar-refractivity contribution < 1.29 is 13.6 Å². The number of nitrogens with two attached hydrogens (primary N) is 1. The summed E-state index contributed by atoms with van der Waals surface area (Å²) < 4.78 is 26.0. The van der Waals surface area contributed by atoms with E-state index in [4.69, 9.17) is 5.73 Å². The lowest BCUT2D eigenvalue weighted by molar-refractivity contribution is -0.122. The molecule has 1 rings (SSSR count). The highest BCUT2D eigenvalue weighted by Crippen LogP contribution is 2.09. The maximum absolute atomic E-state index is 13.3. The van der Waals surface area contributed by atoms with E-state index < -0.39 is 17.7 Å². The fourth-order valence-electron chi connectivity index (χ4n) is 1.59. The summed E-state index contributed by atoms with van der Waals surface area (Å²) in [6, 6.07) is 2.64. The molecule has 1 amide bonds. The van der Waals surface area contributed by atoms with Crippen LogP contribution in [0, 0.1) is 17.6 Å². The van der Waals surface area contributed by atoms with Crippen LogP contribution in [0.3, 0.4) is 0 Å². The van der Waals surface area contributed by atoms with Gasteiger partial charge >= 0.3 is 0 Å². The Morgan fingerprint density at radius 1 is 1.39 bits per heavy atom. The van der Waals surface area contributed by atoms with Gasteiger partial charge in [-0.2, -0.15) is 0 Å². The second kappa shape index (κ2) is 6.44. The maximum Gasteiger partial charge on any atom is 0.237 e. The zero-order valence-corrected chi connectivity index (χ0v) is 10.5. The van der Waals surface area contributed by atoms with Crippen molar-refractivity contribution in [1.29, 1.82) is 0 Å². The summed E-state index contributed by atoms with van der Waals surface area (Å²) in [5.74, 6) is -1.33. The largest absolute Gasteiger partial charge is 0.351 e. The molecule has 0 heterocycles. The van der Waals surface area contributed by atoms with Crippen molar-refractivity contribution in [2.45, 2.75) is 32.9 Å². The first kappa shape index (κ1) is 14.6. The van der Waals surface area contributed by atoms with Crippen LogP contribution in [0.15, 0.2) is 18.2 Å². The molecule has 0 saturated carbocycles. The van der Waals surface area contributed by atoms with E-state index in [0.29, 0.717) is 12.3 Å². The summed E-state index contributed by atoms with van der Waals surface area (Å²) >= 11 is 0. The highest BCUT2D eigenvalue weighted by Gasteiger charge is 2.15. The molecule has 1 aromatic rings. The summed E-state index contributed by atoms with van der Waals surface area (Å²) in [6.45, 7) is 3.94. The first-order valence-electron chi connectivity index (χ1n) is 5.87. The van der Waals surface area contributed by atoms with E-state index in [-0.39, 0.29) is 18.0 Å². The highest BCUT2D eigenvalue weighted by atomic mass is 19.1. The van der Waals surface area contributed by atoms with Gasteiger partial charge in [-0.1, -0.05) is 19.9 Å². The first-order valence-corrected chi connectivity index (χ1v) is 5.87. The van der Waals surface area contributed by atoms with Crippen molar-refractivity contribution in [1.82, 2.24) is 5.32 Å². The van der Waals surface area contributed by atoms with E-state index in [1.165, 1.54) is 6.07 Å². The predicted octanol–water partition coefficient (Wildman–Crippen LogP) is 1.95. The summed E-state index contributed by atoms with van der Waals surface area (Å²) in [4.78, 5) is 11.6. The third-order valence-electron chi connectivity index (χ3n) is 2.53. The van der Waals surface area contributed by atoms with E-state index in [2.05, 4.69) is 5.32 Å². The summed E-state index contributed by atoms with van der Waals surface area (Å²) in [5.41, 5.74) is 5.92. The van der Waals surface area contributed by atoms with Crippen molar-refractivity contribution >= 4 is 5.91 Å². The third kappa shape index (κ3) is 4.41. The SMILES string of the molecule is CC(C)C[C@@H](N)C(=O)NCc1ccc(F)cc1F. The van der Waals surface area contributed by atoms with Crippen LogP contribution in [0.4, 0.5) is 8.78 Å². The molecule has 0 spiro atoms. The van der Waals surface area contributed by atoms with E-state index in [9.17, 15) is 13.6 Å². The van der Waals surface area contributed by atoms with Crippen molar-refractivity contribution in [3.8, 4) is 0 Å². The number of hydrogen-bond donors (Lipinski definition) is 2. The van der Waals surface area contributed by atoms with Crippen LogP contribution in [0.5, 0.6) is 0 Å². The lowest BCUT2D eigenvalue weighted by atomic mass is 10.0. The standard InChI is InChI=1S/C13H18F2N2O/c1-8(2)5-12(16)13(18)17-7-9-3-4-10(14)6-11(9)15/h3-4,6,8,12H,5,7,16H2,1-2H3,(H,17,18)/t12-/m1/s1. The molecule has 0 radical (unpaired) electrons. The van der Waals surface area contributed by atoms with Gasteiger partial charge in [0, 0.05) is 18.2 Å².